The van der Waals surface area contributed by atoms with Crippen molar-refractivity contribution in [2.75, 3.05) is 14.2 Å². The number of carbonyl (C=O) groups is 1. The summed E-state index contributed by atoms with van der Waals surface area (Å²) in [6.45, 7) is 1.99. The second-order valence-corrected chi connectivity index (χ2v) is 3.41. The van der Waals surface area contributed by atoms with Gasteiger partial charge in [-0.1, -0.05) is 18.5 Å². The van der Waals surface area contributed by atoms with Crippen molar-refractivity contribution in [2.24, 2.45) is 0 Å². The molecular formula is C11H13ClO3. The molecule has 0 N–H and O–H groups in total. The van der Waals surface area contributed by atoms with Gasteiger partial charge in [0.25, 0.3) is 0 Å². The van der Waals surface area contributed by atoms with Gasteiger partial charge in [-0.2, -0.15) is 0 Å². The molecule has 0 spiro atoms. The number of hydrogen-bond donors (Lipinski definition) is 0. The molecule has 1 aromatic rings. The Morgan fingerprint density at radius 1 is 1.40 bits per heavy atom. The van der Waals surface area contributed by atoms with Gasteiger partial charge in [-0.3, -0.25) is 0 Å². The highest BCUT2D eigenvalue weighted by atomic mass is 35.5. The van der Waals surface area contributed by atoms with E-state index in [0.29, 0.717) is 16.3 Å². The molecule has 15 heavy (non-hydrogen) atoms. The predicted octanol–water partition coefficient (Wildman–Crippen LogP) is 2.70. The second kappa shape index (κ2) is 5.03. The summed E-state index contributed by atoms with van der Waals surface area (Å²) in [5.41, 5.74) is 1.34. The van der Waals surface area contributed by atoms with Crippen LogP contribution in [-0.2, 0) is 11.2 Å². The van der Waals surface area contributed by atoms with Gasteiger partial charge in [-0.15, -0.1) is 0 Å². The van der Waals surface area contributed by atoms with E-state index >= 15 is 0 Å². The summed E-state index contributed by atoms with van der Waals surface area (Å²) in [7, 11) is 2.80. The molecule has 0 amide bonds. The Morgan fingerprint density at radius 2 is 2.07 bits per heavy atom. The first kappa shape index (κ1) is 11.9. The number of rotatable bonds is 3. The normalized spacial score (nSPS) is 9.87. The lowest BCUT2D eigenvalue weighted by Gasteiger charge is -2.10. The molecule has 3 nitrogen and oxygen atoms in total. The van der Waals surface area contributed by atoms with Crippen LogP contribution in [0.1, 0.15) is 22.8 Å². The number of esters is 1. The Kier molecular flexibility index (Phi) is 3.97. The topological polar surface area (TPSA) is 35.5 Å². The summed E-state index contributed by atoms with van der Waals surface area (Å²) < 4.78 is 9.72. The summed E-state index contributed by atoms with van der Waals surface area (Å²) >= 11 is 5.98. The Labute approximate surface area is 93.9 Å². The third-order valence-electron chi connectivity index (χ3n) is 2.12. The fraction of sp³-hybridized carbons (Fsp3) is 0.364. The molecule has 1 aromatic carbocycles. The van der Waals surface area contributed by atoms with E-state index in [4.69, 9.17) is 16.3 Å². The van der Waals surface area contributed by atoms with E-state index in [1.165, 1.54) is 14.2 Å². The fourth-order valence-corrected chi connectivity index (χ4v) is 1.64. The zero-order valence-electron chi connectivity index (χ0n) is 8.96. The third kappa shape index (κ3) is 2.42. The lowest BCUT2D eigenvalue weighted by atomic mass is 10.1. The summed E-state index contributed by atoms with van der Waals surface area (Å²) in [6.07, 6.45) is 0.799. The largest absolute Gasteiger partial charge is 0.494 e. The minimum Gasteiger partial charge on any atom is -0.494 e. The predicted molar refractivity (Wildman–Crippen MR) is 58.7 cm³/mol. The standard InChI is InChI=1S/C11H13ClO3/c1-4-7-5-8(11(13)15-3)10(14-2)9(12)6-7/h5-6H,4H2,1-3H3. The minimum atomic E-state index is -0.441. The van der Waals surface area contributed by atoms with Gasteiger partial charge >= 0.3 is 5.97 Å². The van der Waals surface area contributed by atoms with Gasteiger partial charge in [-0.05, 0) is 24.1 Å². The van der Waals surface area contributed by atoms with E-state index < -0.39 is 5.97 Å². The van der Waals surface area contributed by atoms with Crippen molar-refractivity contribution >= 4 is 17.6 Å². The smallest absolute Gasteiger partial charge is 0.341 e. The minimum absolute atomic E-state index is 0.362. The highest BCUT2D eigenvalue weighted by Crippen LogP contribution is 2.30. The van der Waals surface area contributed by atoms with Crippen LogP contribution in [0.3, 0.4) is 0 Å². The molecule has 0 atom stereocenters. The van der Waals surface area contributed by atoms with Crippen molar-refractivity contribution in [3.05, 3.63) is 28.3 Å². The first-order chi connectivity index (χ1) is 7.13. The van der Waals surface area contributed by atoms with Gasteiger partial charge < -0.3 is 9.47 Å². The monoisotopic (exact) mass is 228 g/mol. The molecule has 0 aliphatic carbocycles. The van der Waals surface area contributed by atoms with Crippen molar-refractivity contribution in [1.29, 1.82) is 0 Å². The van der Waals surface area contributed by atoms with Crippen LogP contribution in [-0.4, -0.2) is 20.2 Å². The highest BCUT2D eigenvalue weighted by molar-refractivity contribution is 6.32. The number of hydrogen-bond acceptors (Lipinski definition) is 3. The molecule has 0 aliphatic rings. The molecule has 0 bridgehead atoms. The number of benzene rings is 1. The van der Waals surface area contributed by atoms with E-state index in [1.54, 1.807) is 12.1 Å². The molecule has 0 saturated carbocycles. The van der Waals surface area contributed by atoms with E-state index in [1.807, 2.05) is 6.92 Å². The maximum absolute atomic E-state index is 11.5. The highest BCUT2D eigenvalue weighted by Gasteiger charge is 2.16. The quantitative estimate of drug-likeness (QED) is 0.747. The van der Waals surface area contributed by atoms with E-state index in [2.05, 4.69) is 4.74 Å². The first-order valence-electron chi connectivity index (χ1n) is 4.58. The van der Waals surface area contributed by atoms with Gasteiger partial charge in [0.05, 0.1) is 19.2 Å². The number of aryl methyl sites for hydroxylation is 1. The molecule has 0 unspecified atom stereocenters. The van der Waals surface area contributed by atoms with Crippen molar-refractivity contribution < 1.29 is 14.3 Å². The fourth-order valence-electron chi connectivity index (χ4n) is 1.32. The zero-order valence-corrected chi connectivity index (χ0v) is 9.72. The summed E-state index contributed by atoms with van der Waals surface area (Å²) in [5, 5.41) is 0.428. The second-order valence-electron chi connectivity index (χ2n) is 3.00. The van der Waals surface area contributed by atoms with Crippen LogP contribution in [0, 0.1) is 0 Å². The SMILES string of the molecule is CCc1cc(Cl)c(OC)c(C(=O)OC)c1. The third-order valence-corrected chi connectivity index (χ3v) is 2.40. The molecule has 0 aliphatic heterocycles. The van der Waals surface area contributed by atoms with Gasteiger partial charge in [-0.25, -0.2) is 4.79 Å². The molecular weight excluding hydrogens is 216 g/mol. The van der Waals surface area contributed by atoms with Crippen LogP contribution < -0.4 is 4.74 Å². The van der Waals surface area contributed by atoms with Crippen molar-refractivity contribution in [3.8, 4) is 5.75 Å². The van der Waals surface area contributed by atoms with Crippen LogP contribution in [0.25, 0.3) is 0 Å². The van der Waals surface area contributed by atoms with E-state index in [-0.39, 0.29) is 0 Å². The van der Waals surface area contributed by atoms with Crippen LogP contribution in [0.2, 0.25) is 5.02 Å². The van der Waals surface area contributed by atoms with Crippen LogP contribution >= 0.6 is 11.6 Å². The number of ether oxygens (including phenoxy) is 2. The molecule has 0 saturated heterocycles. The molecule has 0 radical (unpaired) electrons. The average Bonchev–Trinajstić information content (AvgIpc) is 2.26. The Hall–Kier alpha value is -1.22. The molecule has 0 heterocycles. The molecule has 4 heteroatoms. The van der Waals surface area contributed by atoms with Gasteiger partial charge in [0, 0.05) is 0 Å². The first-order valence-corrected chi connectivity index (χ1v) is 4.96. The van der Waals surface area contributed by atoms with Gasteiger partial charge in [0.15, 0.2) is 5.75 Å². The molecule has 0 fully saturated rings. The van der Waals surface area contributed by atoms with Crippen LogP contribution in [0.5, 0.6) is 5.75 Å². The van der Waals surface area contributed by atoms with Crippen molar-refractivity contribution in [2.45, 2.75) is 13.3 Å². The van der Waals surface area contributed by atoms with Gasteiger partial charge in [0.2, 0.25) is 0 Å². The lowest BCUT2D eigenvalue weighted by Crippen LogP contribution is -2.05. The van der Waals surface area contributed by atoms with E-state index in [0.717, 1.165) is 12.0 Å². The average molecular weight is 229 g/mol. The summed E-state index contributed by atoms with van der Waals surface area (Å²) in [4.78, 5) is 11.5. The Balaban J connectivity index is 3.32. The molecule has 1 rings (SSSR count). The number of methoxy groups -OCH3 is 2. The summed E-state index contributed by atoms with van der Waals surface area (Å²) in [5.74, 6) is -0.0789. The maximum atomic E-state index is 11.5. The number of carbonyl (C=O) groups excluding carboxylic acids is 1. The van der Waals surface area contributed by atoms with Crippen LogP contribution in [0.4, 0.5) is 0 Å². The van der Waals surface area contributed by atoms with Gasteiger partial charge in [0.1, 0.15) is 5.56 Å². The molecule has 0 aromatic heterocycles. The van der Waals surface area contributed by atoms with Crippen LogP contribution in [0.15, 0.2) is 12.1 Å². The van der Waals surface area contributed by atoms with Crippen molar-refractivity contribution in [1.82, 2.24) is 0 Å². The van der Waals surface area contributed by atoms with E-state index in [9.17, 15) is 4.79 Å². The summed E-state index contributed by atoms with van der Waals surface area (Å²) in [6, 6.07) is 3.52. The lowest BCUT2D eigenvalue weighted by molar-refractivity contribution is 0.0597. The maximum Gasteiger partial charge on any atom is 0.341 e. The number of halogens is 1. The zero-order chi connectivity index (χ0) is 11.4. The Bertz CT molecular complexity index is 374. The Morgan fingerprint density at radius 3 is 2.53 bits per heavy atom. The molecule has 82 valence electrons. The van der Waals surface area contributed by atoms with Crippen molar-refractivity contribution in [3.63, 3.8) is 0 Å².